The predicted molar refractivity (Wildman–Crippen MR) is 130 cm³/mol. The van der Waals surface area contributed by atoms with Gasteiger partial charge in [0, 0.05) is 55.5 Å². The van der Waals surface area contributed by atoms with E-state index in [0.717, 1.165) is 41.3 Å². The van der Waals surface area contributed by atoms with Crippen LogP contribution in [0.25, 0.3) is 28.0 Å². The molecule has 0 bridgehead atoms. The largest absolute Gasteiger partial charge is 0.382 e. The maximum absolute atomic E-state index is 6.25. The molecule has 2 aliphatic heterocycles. The Kier molecular flexibility index (Phi) is 5.14. The monoisotopic (exact) mass is 440 g/mol. The van der Waals surface area contributed by atoms with Crippen molar-refractivity contribution in [2.45, 2.75) is 19.3 Å². The first-order valence-electron chi connectivity index (χ1n) is 11.7. The zero-order valence-electron chi connectivity index (χ0n) is 18.6. The van der Waals surface area contributed by atoms with Gasteiger partial charge in [-0.05, 0) is 62.5 Å². The zero-order valence-corrected chi connectivity index (χ0v) is 18.6. The second-order valence-electron chi connectivity index (χ2n) is 9.07. The van der Waals surface area contributed by atoms with Gasteiger partial charge in [0.05, 0.1) is 11.3 Å². The summed E-state index contributed by atoms with van der Waals surface area (Å²) in [5.41, 5.74) is 10.5. The fourth-order valence-corrected chi connectivity index (χ4v) is 5.23. The summed E-state index contributed by atoms with van der Waals surface area (Å²) in [4.78, 5) is 19.0. The van der Waals surface area contributed by atoms with E-state index < -0.39 is 0 Å². The van der Waals surface area contributed by atoms with Gasteiger partial charge in [-0.15, -0.1) is 5.10 Å². The van der Waals surface area contributed by atoms with Crippen LogP contribution in [0.2, 0.25) is 0 Å². The fraction of sp³-hybridized carbons (Fsp3) is 0.360. The zero-order chi connectivity index (χ0) is 22.2. The average molecular weight is 441 g/mol. The number of nitrogens with zero attached hydrogens (tertiary/aromatic N) is 7. The van der Waals surface area contributed by atoms with Crippen molar-refractivity contribution in [2.75, 3.05) is 43.4 Å². The lowest BCUT2D eigenvalue weighted by Gasteiger charge is -2.22. The summed E-state index contributed by atoms with van der Waals surface area (Å²) < 4.78 is 1.76. The Morgan fingerprint density at radius 3 is 2.70 bits per heavy atom. The average Bonchev–Trinajstić information content (AvgIpc) is 3.59. The van der Waals surface area contributed by atoms with Gasteiger partial charge in [-0.3, -0.25) is 4.98 Å². The molecule has 8 heteroatoms. The summed E-state index contributed by atoms with van der Waals surface area (Å²) in [6.45, 7) is 5.80. The summed E-state index contributed by atoms with van der Waals surface area (Å²) >= 11 is 0. The third-order valence-electron chi connectivity index (χ3n) is 6.82. The van der Waals surface area contributed by atoms with Crippen molar-refractivity contribution in [2.24, 2.45) is 5.92 Å². The minimum absolute atomic E-state index is 0.425. The topological polar surface area (TPSA) is 88.5 Å². The van der Waals surface area contributed by atoms with Gasteiger partial charge in [0.2, 0.25) is 0 Å². The molecule has 33 heavy (non-hydrogen) atoms. The minimum Gasteiger partial charge on any atom is -0.382 e. The first-order valence-corrected chi connectivity index (χ1v) is 11.7. The van der Waals surface area contributed by atoms with Crippen molar-refractivity contribution in [3.8, 4) is 22.4 Å². The van der Waals surface area contributed by atoms with Crippen molar-refractivity contribution >= 4 is 17.3 Å². The Labute approximate surface area is 193 Å². The van der Waals surface area contributed by atoms with Crippen LogP contribution < -0.4 is 10.6 Å². The molecule has 2 fully saturated rings. The Balaban J connectivity index is 1.30. The molecule has 2 saturated heterocycles. The highest BCUT2D eigenvalue weighted by atomic mass is 15.3. The van der Waals surface area contributed by atoms with Crippen molar-refractivity contribution < 1.29 is 0 Å². The van der Waals surface area contributed by atoms with E-state index in [2.05, 4.69) is 25.9 Å². The van der Waals surface area contributed by atoms with Gasteiger partial charge in [-0.2, -0.15) is 0 Å². The third kappa shape index (κ3) is 3.80. The molecular weight excluding hydrogens is 412 g/mol. The second-order valence-corrected chi connectivity index (χ2v) is 9.07. The lowest BCUT2D eigenvalue weighted by atomic mass is 10.1. The molecule has 2 N–H and O–H groups in total. The van der Waals surface area contributed by atoms with Gasteiger partial charge in [-0.1, -0.05) is 6.07 Å². The van der Waals surface area contributed by atoms with Crippen LogP contribution in [0, 0.1) is 5.92 Å². The number of hydrogen-bond acceptors (Lipinski definition) is 7. The summed E-state index contributed by atoms with van der Waals surface area (Å²) in [5, 5.41) is 4.52. The van der Waals surface area contributed by atoms with Crippen LogP contribution in [0.1, 0.15) is 19.3 Å². The maximum atomic E-state index is 6.25. The van der Waals surface area contributed by atoms with Crippen molar-refractivity contribution in [1.82, 2.24) is 29.5 Å². The normalized spacial score (nSPS) is 19.0. The highest BCUT2D eigenvalue weighted by Gasteiger charge is 2.28. The van der Waals surface area contributed by atoms with Gasteiger partial charge in [0.15, 0.2) is 11.5 Å². The van der Waals surface area contributed by atoms with E-state index in [4.69, 9.17) is 15.7 Å². The van der Waals surface area contributed by atoms with E-state index in [0.29, 0.717) is 17.4 Å². The first-order chi connectivity index (χ1) is 16.3. The number of hydrogen-bond donors (Lipinski definition) is 1. The molecule has 0 saturated carbocycles. The van der Waals surface area contributed by atoms with Crippen LogP contribution in [0.5, 0.6) is 0 Å². The first kappa shape index (κ1) is 20.1. The molecule has 0 radical (unpaired) electrons. The quantitative estimate of drug-likeness (QED) is 0.509. The molecular formula is C25H28N8. The molecule has 8 nitrogen and oxygen atoms in total. The van der Waals surface area contributed by atoms with Crippen molar-refractivity contribution in [3.05, 3.63) is 55.1 Å². The van der Waals surface area contributed by atoms with Crippen LogP contribution in [0.4, 0.5) is 11.6 Å². The lowest BCUT2D eigenvalue weighted by molar-refractivity contribution is 0.289. The Hall–Kier alpha value is -3.52. The molecule has 4 aromatic heterocycles. The molecule has 0 amide bonds. The number of nitrogen functional groups attached to an aromatic ring is 1. The van der Waals surface area contributed by atoms with E-state index in [9.17, 15) is 0 Å². The summed E-state index contributed by atoms with van der Waals surface area (Å²) in [5.74, 6) is 2.15. The Morgan fingerprint density at radius 2 is 1.85 bits per heavy atom. The van der Waals surface area contributed by atoms with Gasteiger partial charge < -0.3 is 15.5 Å². The van der Waals surface area contributed by atoms with Crippen LogP contribution in [0.15, 0.2) is 55.1 Å². The maximum Gasteiger partial charge on any atom is 0.166 e. The number of nitrogens with two attached hydrogens (primary N) is 1. The minimum atomic E-state index is 0.425. The Bertz CT molecular complexity index is 1260. The van der Waals surface area contributed by atoms with Gasteiger partial charge in [0.25, 0.3) is 0 Å². The molecule has 6 heterocycles. The molecule has 4 aromatic rings. The van der Waals surface area contributed by atoms with E-state index >= 15 is 0 Å². The number of rotatable bonds is 5. The molecule has 0 aromatic carbocycles. The lowest BCUT2D eigenvalue weighted by Crippen LogP contribution is -2.29. The number of likely N-dealkylation sites (tertiary alicyclic amines) is 1. The van der Waals surface area contributed by atoms with E-state index in [1.165, 1.54) is 38.9 Å². The Morgan fingerprint density at radius 1 is 0.970 bits per heavy atom. The van der Waals surface area contributed by atoms with Gasteiger partial charge in [-0.25, -0.2) is 14.5 Å². The molecule has 2 aliphatic rings. The molecule has 168 valence electrons. The summed E-state index contributed by atoms with van der Waals surface area (Å²) in [6, 6.07) is 9.85. The van der Waals surface area contributed by atoms with Crippen LogP contribution in [-0.4, -0.2) is 62.2 Å². The number of fused-ring (bicyclic) bond motifs is 1. The van der Waals surface area contributed by atoms with Gasteiger partial charge >= 0.3 is 0 Å². The smallest absolute Gasteiger partial charge is 0.166 e. The molecule has 0 aliphatic carbocycles. The predicted octanol–water partition coefficient (Wildman–Crippen LogP) is 3.36. The fourth-order valence-electron chi connectivity index (χ4n) is 5.23. The van der Waals surface area contributed by atoms with E-state index in [-0.39, 0.29) is 0 Å². The molecule has 1 unspecified atom stereocenters. The number of anilines is 2. The second kappa shape index (κ2) is 8.44. The van der Waals surface area contributed by atoms with Crippen LogP contribution in [0.3, 0.4) is 0 Å². The van der Waals surface area contributed by atoms with E-state index in [1.54, 1.807) is 10.7 Å². The highest BCUT2D eigenvalue weighted by Crippen LogP contribution is 2.34. The highest BCUT2D eigenvalue weighted by molar-refractivity contribution is 5.85. The van der Waals surface area contributed by atoms with Crippen LogP contribution in [-0.2, 0) is 0 Å². The van der Waals surface area contributed by atoms with Crippen molar-refractivity contribution in [3.63, 3.8) is 0 Å². The standard InChI is InChI=1S/C25H28N8/c26-23-22(21-7-1-2-9-27-21)25-29-14-19(17-33(25)30-23)20-6-5-10-28-24(20)32-13-8-18(16-32)15-31-11-3-4-12-31/h1-2,5-7,9-10,14,17-18H,3-4,8,11-13,15-16H2,(H2,26,30). The molecule has 1 atom stereocenters. The SMILES string of the molecule is Nc1nn2cc(-c3cccnc3N3CCC(CN4CCCC4)C3)cnc2c1-c1ccccn1. The number of aromatic nitrogens is 5. The third-order valence-corrected chi connectivity index (χ3v) is 6.82. The molecule has 6 rings (SSSR count). The number of pyridine rings is 2. The molecule has 0 spiro atoms. The van der Waals surface area contributed by atoms with Crippen molar-refractivity contribution in [1.29, 1.82) is 0 Å². The summed E-state index contributed by atoms with van der Waals surface area (Å²) in [7, 11) is 0. The van der Waals surface area contributed by atoms with E-state index in [1.807, 2.05) is 42.9 Å². The summed E-state index contributed by atoms with van der Waals surface area (Å²) in [6.07, 6.45) is 11.4. The van der Waals surface area contributed by atoms with Gasteiger partial charge in [0.1, 0.15) is 5.82 Å². The van der Waals surface area contributed by atoms with Crippen LogP contribution >= 0.6 is 0 Å².